The van der Waals surface area contributed by atoms with Gasteiger partial charge < -0.3 is 32.2 Å². The summed E-state index contributed by atoms with van der Waals surface area (Å²) in [4.78, 5) is 25.8. The van der Waals surface area contributed by atoms with Gasteiger partial charge in [0, 0.05) is 55.1 Å². The topological polar surface area (TPSA) is 98.8 Å². The Balaban J connectivity index is 2.41. The van der Waals surface area contributed by atoms with Crippen LogP contribution in [0.3, 0.4) is 0 Å². The molecular formula is C30H58O9Si. The van der Waals surface area contributed by atoms with Gasteiger partial charge in [0.2, 0.25) is 0 Å². The van der Waals surface area contributed by atoms with Crippen LogP contribution >= 0.6 is 0 Å². The van der Waals surface area contributed by atoms with Gasteiger partial charge in [0.15, 0.2) is 0 Å². The average molecular weight is 591 g/mol. The number of methoxy groups -OCH3 is 3. The van der Waals surface area contributed by atoms with Crippen LogP contribution in [0.2, 0.25) is 6.04 Å². The maximum Gasteiger partial charge on any atom is 0.500 e. The van der Waals surface area contributed by atoms with Crippen molar-refractivity contribution in [2.75, 3.05) is 42.7 Å². The van der Waals surface area contributed by atoms with Gasteiger partial charge in [0.25, 0.3) is 5.97 Å². The van der Waals surface area contributed by atoms with Crippen LogP contribution in [-0.2, 0) is 41.8 Å². The molecular weight excluding hydrogens is 532 g/mol. The summed E-state index contributed by atoms with van der Waals surface area (Å²) >= 11 is 0. The predicted molar refractivity (Wildman–Crippen MR) is 157 cm³/mol. The molecule has 2 unspecified atom stereocenters. The summed E-state index contributed by atoms with van der Waals surface area (Å²) in [7, 11) is 6.88. The van der Waals surface area contributed by atoms with Crippen molar-refractivity contribution < 1.29 is 41.8 Å². The molecule has 0 saturated carbocycles. The zero-order valence-electron chi connectivity index (χ0n) is 26.5. The van der Waals surface area contributed by atoms with Gasteiger partial charge in [0.05, 0.1) is 11.3 Å². The summed E-state index contributed by atoms with van der Waals surface area (Å²) < 4.78 is 38.0. The quantitative estimate of drug-likeness (QED) is 0.0354. The standard InChI is InChI=1S/C30H58O9Si/c1-8-9-22-29(23-20-25-40(36-5,37-6)38-7)26(27(31)39-28(29)32)21-18-16-14-12-10-11-13-15-17-19-24-30(33-2,34-3)35-4/h26H,8-25H2,1-7H3. The highest BCUT2D eigenvalue weighted by molar-refractivity contribution is 6.60. The Morgan fingerprint density at radius 1 is 0.700 bits per heavy atom. The van der Waals surface area contributed by atoms with Crippen LogP contribution in [0, 0.1) is 11.3 Å². The van der Waals surface area contributed by atoms with Crippen LogP contribution < -0.4 is 0 Å². The van der Waals surface area contributed by atoms with Crippen LogP contribution in [0.4, 0.5) is 0 Å². The minimum Gasteiger partial charge on any atom is -0.392 e. The monoisotopic (exact) mass is 590 g/mol. The first kappa shape index (κ1) is 37.1. The second-order valence-corrected chi connectivity index (χ2v) is 14.1. The molecule has 2 atom stereocenters. The summed E-state index contributed by atoms with van der Waals surface area (Å²) in [6.07, 6.45) is 16.7. The maximum atomic E-state index is 13.0. The lowest BCUT2D eigenvalue weighted by Gasteiger charge is -2.31. The van der Waals surface area contributed by atoms with Crippen molar-refractivity contribution in [1.29, 1.82) is 0 Å². The van der Waals surface area contributed by atoms with Crippen LogP contribution in [0.25, 0.3) is 0 Å². The van der Waals surface area contributed by atoms with Crippen molar-refractivity contribution in [2.45, 2.75) is 128 Å². The lowest BCUT2D eigenvalue weighted by atomic mass is 9.68. The second kappa shape index (κ2) is 20.1. The number of ether oxygens (including phenoxy) is 4. The normalized spacial score (nSPS) is 19.9. The highest BCUT2D eigenvalue weighted by Gasteiger charge is 2.56. The van der Waals surface area contributed by atoms with Crippen LogP contribution in [-0.4, -0.2) is 69.4 Å². The van der Waals surface area contributed by atoms with Crippen molar-refractivity contribution in [1.82, 2.24) is 0 Å². The van der Waals surface area contributed by atoms with Gasteiger partial charge in [-0.25, -0.2) is 0 Å². The minimum atomic E-state index is -2.74. The van der Waals surface area contributed by atoms with Gasteiger partial charge in [-0.2, -0.15) is 0 Å². The van der Waals surface area contributed by atoms with E-state index in [2.05, 4.69) is 6.92 Å². The van der Waals surface area contributed by atoms with E-state index in [9.17, 15) is 9.59 Å². The molecule has 1 aliphatic heterocycles. The van der Waals surface area contributed by atoms with E-state index < -0.39 is 20.2 Å². The molecule has 0 aromatic carbocycles. The molecule has 40 heavy (non-hydrogen) atoms. The summed E-state index contributed by atoms with van der Waals surface area (Å²) in [5, 5.41) is 0. The van der Waals surface area contributed by atoms with Gasteiger partial charge in [-0.15, -0.1) is 0 Å². The molecule has 0 aromatic rings. The molecule has 0 amide bonds. The Morgan fingerprint density at radius 2 is 1.18 bits per heavy atom. The Kier molecular flexibility index (Phi) is 18.7. The Labute approximate surface area is 244 Å². The predicted octanol–water partition coefficient (Wildman–Crippen LogP) is 6.80. The lowest BCUT2D eigenvalue weighted by Crippen LogP contribution is -2.43. The largest absolute Gasteiger partial charge is 0.500 e. The first-order chi connectivity index (χ1) is 19.3. The van der Waals surface area contributed by atoms with Crippen molar-refractivity contribution in [3.63, 3.8) is 0 Å². The second-order valence-electron chi connectivity index (χ2n) is 11.0. The molecule has 9 nitrogen and oxygen atoms in total. The van der Waals surface area contributed by atoms with Crippen molar-refractivity contribution >= 4 is 20.7 Å². The molecule has 0 spiro atoms. The van der Waals surface area contributed by atoms with E-state index in [1.165, 1.54) is 32.1 Å². The molecule has 10 heteroatoms. The molecule has 0 radical (unpaired) electrons. The van der Waals surface area contributed by atoms with Crippen molar-refractivity contribution in [3.8, 4) is 0 Å². The van der Waals surface area contributed by atoms with Gasteiger partial charge in [0.1, 0.15) is 0 Å². The van der Waals surface area contributed by atoms with E-state index in [0.29, 0.717) is 31.7 Å². The Hall–Kier alpha value is -0.883. The van der Waals surface area contributed by atoms with Gasteiger partial charge in [-0.3, -0.25) is 9.59 Å². The molecule has 1 aliphatic rings. The number of rotatable bonds is 26. The van der Waals surface area contributed by atoms with E-state index in [1.54, 1.807) is 42.7 Å². The molecule has 0 aliphatic carbocycles. The average Bonchev–Trinajstić information content (AvgIpc) is 3.21. The number of unbranched alkanes of at least 4 members (excludes halogenated alkanes) is 10. The third-order valence-electron chi connectivity index (χ3n) is 8.73. The van der Waals surface area contributed by atoms with Crippen LogP contribution in [0.1, 0.15) is 116 Å². The zero-order chi connectivity index (χ0) is 29.9. The number of hydrogen-bond acceptors (Lipinski definition) is 9. The molecule has 0 bridgehead atoms. The molecule has 0 N–H and O–H groups in total. The molecule has 1 heterocycles. The minimum absolute atomic E-state index is 0.339. The van der Waals surface area contributed by atoms with E-state index >= 15 is 0 Å². The van der Waals surface area contributed by atoms with E-state index in [1.807, 2.05) is 0 Å². The third-order valence-corrected chi connectivity index (χ3v) is 11.6. The molecule has 1 fully saturated rings. The van der Waals surface area contributed by atoms with Gasteiger partial charge in [-0.05, 0) is 32.1 Å². The highest BCUT2D eigenvalue weighted by Crippen LogP contribution is 2.48. The third kappa shape index (κ3) is 11.1. The van der Waals surface area contributed by atoms with Gasteiger partial charge >= 0.3 is 20.7 Å². The van der Waals surface area contributed by atoms with E-state index in [0.717, 1.165) is 51.4 Å². The highest BCUT2D eigenvalue weighted by atomic mass is 28.4. The Bertz CT molecular complexity index is 680. The van der Waals surface area contributed by atoms with Crippen LogP contribution in [0.5, 0.6) is 0 Å². The smallest absolute Gasteiger partial charge is 0.392 e. The summed E-state index contributed by atoms with van der Waals surface area (Å²) in [5.74, 6) is -1.95. The molecule has 236 valence electrons. The number of carbonyl (C=O) groups is 2. The number of carbonyl (C=O) groups excluding carboxylic acids is 2. The number of esters is 2. The van der Waals surface area contributed by atoms with Gasteiger partial charge in [-0.1, -0.05) is 77.6 Å². The SMILES string of the molecule is CCCCC1(CCC[Si](OC)(OC)OC)C(=O)OC(=O)C1CCCCCCCCCCCCC(OC)(OC)OC. The lowest BCUT2D eigenvalue weighted by molar-refractivity contribution is -0.355. The fourth-order valence-electron chi connectivity index (χ4n) is 6.03. The van der Waals surface area contributed by atoms with E-state index in [4.69, 9.17) is 32.2 Å². The first-order valence-electron chi connectivity index (χ1n) is 15.3. The summed E-state index contributed by atoms with van der Waals surface area (Å²) in [6, 6.07) is 0.604. The molecule has 1 saturated heterocycles. The Morgan fingerprint density at radius 3 is 1.65 bits per heavy atom. The maximum absolute atomic E-state index is 13.0. The number of hydrogen-bond donors (Lipinski definition) is 0. The summed E-state index contributed by atoms with van der Waals surface area (Å²) in [5.41, 5.74) is -0.738. The van der Waals surface area contributed by atoms with Crippen molar-refractivity contribution in [2.24, 2.45) is 11.3 Å². The fourth-order valence-corrected chi connectivity index (χ4v) is 7.75. The summed E-state index contributed by atoms with van der Waals surface area (Å²) in [6.45, 7) is 2.11. The first-order valence-corrected chi connectivity index (χ1v) is 17.3. The van der Waals surface area contributed by atoms with Crippen molar-refractivity contribution in [3.05, 3.63) is 0 Å². The van der Waals surface area contributed by atoms with E-state index in [-0.39, 0.29) is 17.9 Å². The number of cyclic esters (lactones) is 2. The zero-order valence-corrected chi connectivity index (χ0v) is 27.5. The van der Waals surface area contributed by atoms with Crippen LogP contribution in [0.15, 0.2) is 0 Å². The molecule has 0 aromatic heterocycles. The fraction of sp³-hybridized carbons (Fsp3) is 0.933. The molecule has 1 rings (SSSR count).